The molecule has 0 aromatic heterocycles. The topological polar surface area (TPSA) is 130 Å². The number of carbonyl (C=O) groups excluding carboxylic acids is 6. The van der Waals surface area contributed by atoms with Gasteiger partial charge < -0.3 is 10.2 Å². The summed E-state index contributed by atoms with van der Waals surface area (Å²) in [5, 5.41) is 2.47. The molecule has 10 nitrogen and oxygen atoms in total. The summed E-state index contributed by atoms with van der Waals surface area (Å²) in [5.74, 6) is -4.31. The Labute approximate surface area is 123 Å². The molecule has 22 heavy (non-hydrogen) atoms. The van der Waals surface area contributed by atoms with E-state index < -0.39 is 48.6 Å². The Kier molecular flexibility index (Phi) is 4.30. The van der Waals surface area contributed by atoms with Crippen LogP contribution < -0.4 is 5.32 Å². The first-order valence-corrected chi connectivity index (χ1v) is 6.25. The fraction of sp³-hybridized carbons (Fsp3) is 0.333. The average Bonchev–Trinajstić information content (AvgIpc) is 2.95. The molecule has 0 aromatic rings. The molecule has 2 aliphatic rings. The van der Waals surface area contributed by atoms with E-state index in [2.05, 4.69) is 10.2 Å². The van der Waals surface area contributed by atoms with Gasteiger partial charge in [0.05, 0.1) is 0 Å². The molecule has 0 atom stereocenters. The molecule has 0 bridgehead atoms. The van der Waals surface area contributed by atoms with Crippen molar-refractivity contribution in [2.24, 2.45) is 0 Å². The van der Waals surface area contributed by atoms with E-state index in [1.54, 1.807) is 0 Å². The van der Waals surface area contributed by atoms with Gasteiger partial charge in [-0.1, -0.05) is 0 Å². The molecule has 1 saturated heterocycles. The molecular weight excluding hydrogens is 298 g/mol. The summed E-state index contributed by atoms with van der Waals surface area (Å²) in [4.78, 5) is 73.0. The van der Waals surface area contributed by atoms with Gasteiger partial charge in [-0.25, -0.2) is 4.79 Å². The number of imide groups is 2. The number of hydrogen-bond acceptors (Lipinski definition) is 7. The van der Waals surface area contributed by atoms with Crippen molar-refractivity contribution in [2.45, 2.75) is 12.8 Å². The summed E-state index contributed by atoms with van der Waals surface area (Å²) >= 11 is 0. The summed E-state index contributed by atoms with van der Waals surface area (Å²) < 4.78 is 0. The van der Waals surface area contributed by atoms with Crippen molar-refractivity contribution in [1.82, 2.24) is 15.3 Å². The second-order valence-corrected chi connectivity index (χ2v) is 4.42. The Morgan fingerprint density at radius 2 is 1.59 bits per heavy atom. The first-order valence-electron chi connectivity index (χ1n) is 6.25. The van der Waals surface area contributed by atoms with Crippen molar-refractivity contribution in [3.05, 3.63) is 12.2 Å². The standard InChI is InChI=1S/C12H11N3O7/c16-7(6-14-8(17)1-2-9(14)18)13-5-12(21)22-15-10(19)3-4-11(15)20/h1-2H,3-6H2,(H,13,16). The van der Waals surface area contributed by atoms with E-state index in [1.807, 2.05) is 0 Å². The van der Waals surface area contributed by atoms with E-state index in [1.165, 1.54) is 0 Å². The molecule has 0 radical (unpaired) electrons. The molecule has 2 aliphatic heterocycles. The Hall–Kier alpha value is -3.04. The average molecular weight is 309 g/mol. The number of nitrogens with zero attached hydrogens (tertiary/aromatic N) is 2. The zero-order chi connectivity index (χ0) is 16.3. The van der Waals surface area contributed by atoms with Gasteiger partial charge in [-0.2, -0.15) is 0 Å². The molecule has 2 rings (SSSR count). The van der Waals surface area contributed by atoms with Crippen molar-refractivity contribution in [3.63, 3.8) is 0 Å². The molecule has 5 amide bonds. The molecule has 10 heteroatoms. The van der Waals surface area contributed by atoms with Crippen molar-refractivity contribution in [2.75, 3.05) is 13.1 Å². The molecule has 0 spiro atoms. The summed E-state index contributed by atoms with van der Waals surface area (Å²) in [6.07, 6.45) is 1.97. The van der Waals surface area contributed by atoms with E-state index in [4.69, 9.17) is 0 Å². The lowest BCUT2D eigenvalue weighted by atomic mass is 10.4. The van der Waals surface area contributed by atoms with Crippen LogP contribution in [0.2, 0.25) is 0 Å². The van der Waals surface area contributed by atoms with Crippen molar-refractivity contribution < 1.29 is 33.6 Å². The summed E-state index contributed by atoms with van der Waals surface area (Å²) in [5.41, 5.74) is 0. The van der Waals surface area contributed by atoms with Crippen LogP contribution >= 0.6 is 0 Å². The first kappa shape index (κ1) is 15.4. The number of carbonyl (C=O) groups is 6. The molecule has 2 heterocycles. The van der Waals surface area contributed by atoms with Gasteiger partial charge in [0.2, 0.25) is 5.91 Å². The fourth-order valence-electron chi connectivity index (χ4n) is 1.75. The molecular formula is C12H11N3O7. The quantitative estimate of drug-likeness (QED) is 0.562. The van der Waals surface area contributed by atoms with E-state index in [0.717, 1.165) is 12.2 Å². The minimum Gasteiger partial charge on any atom is -0.344 e. The van der Waals surface area contributed by atoms with Gasteiger partial charge in [0.15, 0.2) is 0 Å². The minimum atomic E-state index is -1.02. The third kappa shape index (κ3) is 3.34. The smallest absolute Gasteiger partial charge is 0.344 e. The zero-order valence-electron chi connectivity index (χ0n) is 11.2. The van der Waals surface area contributed by atoms with Crippen LogP contribution in [0.4, 0.5) is 0 Å². The largest absolute Gasteiger partial charge is 0.352 e. The Morgan fingerprint density at radius 1 is 1.05 bits per heavy atom. The van der Waals surface area contributed by atoms with Crippen LogP contribution in [0.5, 0.6) is 0 Å². The van der Waals surface area contributed by atoms with Gasteiger partial charge in [0, 0.05) is 25.0 Å². The normalized spacial score (nSPS) is 17.5. The predicted molar refractivity (Wildman–Crippen MR) is 66.0 cm³/mol. The van der Waals surface area contributed by atoms with Crippen LogP contribution in [-0.4, -0.2) is 58.6 Å². The molecule has 0 unspecified atom stereocenters. The Bertz CT molecular complexity index is 560. The van der Waals surface area contributed by atoms with E-state index in [9.17, 15) is 28.8 Å². The van der Waals surface area contributed by atoms with E-state index in [0.29, 0.717) is 9.96 Å². The highest BCUT2D eigenvalue weighted by molar-refractivity contribution is 6.14. The number of rotatable bonds is 5. The Morgan fingerprint density at radius 3 is 2.14 bits per heavy atom. The van der Waals surface area contributed by atoms with Gasteiger partial charge in [-0.3, -0.25) is 28.9 Å². The maximum atomic E-state index is 11.5. The van der Waals surface area contributed by atoms with Crippen molar-refractivity contribution >= 4 is 35.5 Å². The lowest BCUT2D eigenvalue weighted by molar-refractivity contribution is -0.196. The highest BCUT2D eigenvalue weighted by Crippen LogP contribution is 2.11. The minimum absolute atomic E-state index is 0.0370. The van der Waals surface area contributed by atoms with Crippen molar-refractivity contribution in [1.29, 1.82) is 0 Å². The van der Waals surface area contributed by atoms with E-state index in [-0.39, 0.29) is 12.8 Å². The first-order chi connectivity index (χ1) is 10.4. The van der Waals surface area contributed by atoms with Gasteiger partial charge >= 0.3 is 5.97 Å². The molecule has 116 valence electrons. The second kappa shape index (κ2) is 6.16. The van der Waals surface area contributed by atoms with Crippen LogP contribution in [0, 0.1) is 0 Å². The number of hydrogen-bond donors (Lipinski definition) is 1. The fourth-order valence-corrected chi connectivity index (χ4v) is 1.75. The maximum Gasteiger partial charge on any atom is 0.352 e. The lowest BCUT2D eigenvalue weighted by Gasteiger charge is -2.14. The van der Waals surface area contributed by atoms with Gasteiger partial charge in [0.25, 0.3) is 23.6 Å². The van der Waals surface area contributed by atoms with Crippen LogP contribution in [0.1, 0.15) is 12.8 Å². The monoisotopic (exact) mass is 309 g/mol. The zero-order valence-corrected chi connectivity index (χ0v) is 11.2. The molecule has 0 saturated carbocycles. The number of hydroxylamine groups is 2. The van der Waals surface area contributed by atoms with Gasteiger partial charge in [-0.15, -0.1) is 5.06 Å². The number of nitrogens with one attached hydrogen (secondary N) is 1. The Balaban J connectivity index is 1.75. The third-order valence-electron chi connectivity index (χ3n) is 2.83. The van der Waals surface area contributed by atoms with Crippen molar-refractivity contribution in [3.8, 4) is 0 Å². The predicted octanol–water partition coefficient (Wildman–Crippen LogP) is -2.37. The van der Waals surface area contributed by atoms with Crippen LogP contribution in [-0.2, 0) is 33.6 Å². The van der Waals surface area contributed by atoms with Gasteiger partial charge in [0.1, 0.15) is 13.1 Å². The lowest BCUT2D eigenvalue weighted by Crippen LogP contribution is -2.43. The second-order valence-electron chi connectivity index (χ2n) is 4.42. The summed E-state index contributed by atoms with van der Waals surface area (Å²) in [6, 6.07) is 0. The summed E-state index contributed by atoms with van der Waals surface area (Å²) in [7, 11) is 0. The highest BCUT2D eigenvalue weighted by Gasteiger charge is 2.33. The molecule has 1 fully saturated rings. The maximum absolute atomic E-state index is 11.5. The molecule has 0 aromatic carbocycles. The van der Waals surface area contributed by atoms with Crippen LogP contribution in [0.3, 0.4) is 0 Å². The third-order valence-corrected chi connectivity index (χ3v) is 2.83. The summed E-state index contributed by atoms with van der Waals surface area (Å²) in [6.45, 7) is -1.15. The number of amides is 5. The van der Waals surface area contributed by atoms with Crippen LogP contribution in [0.25, 0.3) is 0 Å². The molecule has 1 N–H and O–H groups in total. The highest BCUT2D eigenvalue weighted by atomic mass is 16.7. The molecule has 0 aliphatic carbocycles. The van der Waals surface area contributed by atoms with Crippen LogP contribution in [0.15, 0.2) is 12.2 Å². The SMILES string of the molecule is O=C(CN1C(=O)C=CC1=O)NCC(=O)ON1C(=O)CCC1=O. The van der Waals surface area contributed by atoms with Gasteiger partial charge in [-0.05, 0) is 0 Å². The van der Waals surface area contributed by atoms with E-state index >= 15 is 0 Å².